The van der Waals surface area contributed by atoms with Gasteiger partial charge in [-0.05, 0) is 24.0 Å². The summed E-state index contributed by atoms with van der Waals surface area (Å²) >= 11 is 0. The van der Waals surface area contributed by atoms with E-state index in [4.69, 9.17) is 0 Å². The number of hydrogen-bond acceptors (Lipinski definition) is 2. The van der Waals surface area contributed by atoms with Crippen molar-refractivity contribution in [2.75, 3.05) is 19.6 Å². The molecule has 0 aliphatic carbocycles. The van der Waals surface area contributed by atoms with Gasteiger partial charge in [-0.15, -0.1) is 0 Å². The van der Waals surface area contributed by atoms with Gasteiger partial charge >= 0.3 is 0 Å². The molecule has 2 N–H and O–H groups in total. The third-order valence-electron chi connectivity index (χ3n) is 4.60. The number of hydrogen-bond donors (Lipinski definition) is 2. The number of carbonyl (C=O) groups is 2. The van der Waals surface area contributed by atoms with Crippen LogP contribution < -0.4 is 5.32 Å². The summed E-state index contributed by atoms with van der Waals surface area (Å²) in [7, 11) is 0. The molecule has 1 aliphatic rings. The summed E-state index contributed by atoms with van der Waals surface area (Å²) < 4.78 is 0. The second kappa shape index (κ2) is 7.07. The number of benzene rings is 1. The molecule has 1 aromatic heterocycles. The fraction of sp³-hybridized carbons (Fsp3) is 0.474. The number of nitrogens with zero attached hydrogens (tertiary/aromatic N) is 1. The van der Waals surface area contributed by atoms with Gasteiger partial charge in [0.1, 0.15) is 0 Å². The lowest BCUT2D eigenvalue weighted by Gasteiger charge is -2.16. The van der Waals surface area contributed by atoms with Crippen molar-refractivity contribution in [3.63, 3.8) is 0 Å². The zero-order valence-corrected chi connectivity index (χ0v) is 14.3. The van der Waals surface area contributed by atoms with Gasteiger partial charge in [0.05, 0.1) is 5.92 Å². The molecule has 0 radical (unpaired) electrons. The van der Waals surface area contributed by atoms with Crippen molar-refractivity contribution in [2.24, 2.45) is 11.8 Å². The van der Waals surface area contributed by atoms with Crippen LogP contribution in [-0.2, 0) is 16.0 Å². The van der Waals surface area contributed by atoms with Crippen LogP contribution in [0.3, 0.4) is 0 Å². The minimum absolute atomic E-state index is 0.00615. The Bertz CT molecular complexity index is 735. The van der Waals surface area contributed by atoms with Crippen molar-refractivity contribution in [3.05, 3.63) is 36.0 Å². The zero-order chi connectivity index (χ0) is 17.1. The molecule has 0 bridgehead atoms. The molecule has 1 saturated heterocycles. The SMILES string of the molecule is CC(C)CNC(=O)C1CC(=O)N(CCc2c[nH]c3ccccc23)C1. The van der Waals surface area contributed by atoms with Gasteiger partial charge in [0.2, 0.25) is 11.8 Å². The average Bonchev–Trinajstić information content (AvgIpc) is 3.14. The van der Waals surface area contributed by atoms with Gasteiger partial charge in [0.25, 0.3) is 0 Å². The van der Waals surface area contributed by atoms with E-state index < -0.39 is 0 Å². The zero-order valence-electron chi connectivity index (χ0n) is 14.3. The Morgan fingerprint density at radius 2 is 2.17 bits per heavy atom. The molecule has 0 saturated carbocycles. The van der Waals surface area contributed by atoms with Crippen molar-refractivity contribution in [1.82, 2.24) is 15.2 Å². The minimum atomic E-state index is -0.209. The molecule has 1 aromatic carbocycles. The first-order chi connectivity index (χ1) is 11.5. The fourth-order valence-corrected chi connectivity index (χ4v) is 3.21. The number of fused-ring (bicyclic) bond motifs is 1. The van der Waals surface area contributed by atoms with Gasteiger partial charge in [0, 0.05) is 43.2 Å². The second-order valence-corrected chi connectivity index (χ2v) is 6.99. The lowest BCUT2D eigenvalue weighted by Crippen LogP contribution is -2.35. The predicted octanol–water partition coefficient (Wildman–Crippen LogP) is 2.33. The molecular weight excluding hydrogens is 302 g/mol. The number of rotatable bonds is 6. The number of carbonyl (C=O) groups excluding carboxylic acids is 2. The molecule has 5 heteroatoms. The number of aromatic amines is 1. The van der Waals surface area contributed by atoms with Crippen molar-refractivity contribution in [3.8, 4) is 0 Å². The first-order valence-corrected chi connectivity index (χ1v) is 8.65. The van der Waals surface area contributed by atoms with Gasteiger partial charge in [0.15, 0.2) is 0 Å². The molecule has 5 nitrogen and oxygen atoms in total. The molecule has 2 amide bonds. The lowest BCUT2D eigenvalue weighted by atomic mass is 10.1. The highest BCUT2D eigenvalue weighted by Gasteiger charge is 2.33. The molecule has 128 valence electrons. The first kappa shape index (κ1) is 16.6. The molecule has 24 heavy (non-hydrogen) atoms. The molecule has 2 heterocycles. The summed E-state index contributed by atoms with van der Waals surface area (Å²) in [6.45, 7) is 5.99. The van der Waals surface area contributed by atoms with Crippen LogP contribution in [-0.4, -0.2) is 41.3 Å². The van der Waals surface area contributed by atoms with Gasteiger partial charge < -0.3 is 15.2 Å². The Morgan fingerprint density at radius 3 is 2.96 bits per heavy atom. The number of para-hydroxylation sites is 1. The topological polar surface area (TPSA) is 65.2 Å². The highest BCUT2D eigenvalue weighted by atomic mass is 16.2. The summed E-state index contributed by atoms with van der Waals surface area (Å²) in [5.74, 6) is 0.300. The maximum absolute atomic E-state index is 12.2. The van der Waals surface area contributed by atoms with E-state index in [1.807, 2.05) is 23.2 Å². The standard InChI is InChI=1S/C19H25N3O2/c1-13(2)10-21-19(24)15-9-18(23)22(12-15)8-7-14-11-20-17-6-4-3-5-16(14)17/h3-6,11,13,15,20H,7-10,12H2,1-2H3,(H,21,24). The van der Waals surface area contributed by atoms with E-state index in [2.05, 4.69) is 36.3 Å². The number of aromatic nitrogens is 1. The smallest absolute Gasteiger partial charge is 0.225 e. The van der Waals surface area contributed by atoms with Gasteiger partial charge in [-0.2, -0.15) is 0 Å². The Balaban J connectivity index is 1.56. The molecule has 1 aliphatic heterocycles. The predicted molar refractivity (Wildman–Crippen MR) is 94.5 cm³/mol. The van der Waals surface area contributed by atoms with E-state index in [-0.39, 0.29) is 17.7 Å². The third kappa shape index (κ3) is 3.61. The molecular formula is C19H25N3O2. The Hall–Kier alpha value is -2.30. The van der Waals surface area contributed by atoms with Crippen LogP contribution in [0.2, 0.25) is 0 Å². The van der Waals surface area contributed by atoms with Crippen LogP contribution in [0.4, 0.5) is 0 Å². The van der Waals surface area contributed by atoms with Crippen LogP contribution in [0.25, 0.3) is 10.9 Å². The summed E-state index contributed by atoms with van der Waals surface area (Å²) in [6.07, 6.45) is 3.14. The Labute approximate surface area is 142 Å². The van der Waals surface area contributed by atoms with E-state index in [1.165, 1.54) is 10.9 Å². The Kier molecular flexibility index (Phi) is 4.88. The molecule has 1 fully saturated rings. The Morgan fingerprint density at radius 1 is 1.38 bits per heavy atom. The normalized spacial score (nSPS) is 17.9. The minimum Gasteiger partial charge on any atom is -0.361 e. The number of likely N-dealkylation sites (tertiary alicyclic amines) is 1. The molecule has 2 aromatic rings. The van der Waals surface area contributed by atoms with Crippen molar-refractivity contribution >= 4 is 22.7 Å². The largest absolute Gasteiger partial charge is 0.361 e. The molecule has 3 rings (SSSR count). The van der Waals surface area contributed by atoms with Crippen molar-refractivity contribution < 1.29 is 9.59 Å². The van der Waals surface area contributed by atoms with Crippen molar-refractivity contribution in [1.29, 1.82) is 0 Å². The molecule has 0 spiro atoms. The lowest BCUT2D eigenvalue weighted by molar-refractivity contribution is -0.129. The quantitative estimate of drug-likeness (QED) is 0.855. The van der Waals surface area contributed by atoms with E-state index >= 15 is 0 Å². The summed E-state index contributed by atoms with van der Waals surface area (Å²) in [5, 5.41) is 4.14. The number of amides is 2. The van der Waals surface area contributed by atoms with E-state index in [1.54, 1.807) is 0 Å². The summed E-state index contributed by atoms with van der Waals surface area (Å²) in [4.78, 5) is 29.4. The van der Waals surface area contributed by atoms with Crippen LogP contribution >= 0.6 is 0 Å². The third-order valence-corrected chi connectivity index (χ3v) is 4.60. The van der Waals surface area contributed by atoms with Gasteiger partial charge in [-0.3, -0.25) is 9.59 Å². The molecule has 1 atom stereocenters. The van der Waals surface area contributed by atoms with Gasteiger partial charge in [-0.25, -0.2) is 0 Å². The number of H-pyrrole nitrogens is 1. The summed E-state index contributed by atoms with van der Waals surface area (Å²) in [6, 6.07) is 8.17. The highest BCUT2D eigenvalue weighted by molar-refractivity contribution is 5.89. The molecule has 1 unspecified atom stereocenters. The van der Waals surface area contributed by atoms with Crippen LogP contribution in [0.15, 0.2) is 30.5 Å². The van der Waals surface area contributed by atoms with Crippen molar-refractivity contribution in [2.45, 2.75) is 26.7 Å². The van der Waals surface area contributed by atoms with Crippen LogP contribution in [0.1, 0.15) is 25.8 Å². The number of nitrogens with one attached hydrogen (secondary N) is 2. The maximum Gasteiger partial charge on any atom is 0.225 e. The first-order valence-electron chi connectivity index (χ1n) is 8.65. The van der Waals surface area contributed by atoms with E-state index in [9.17, 15) is 9.59 Å². The fourth-order valence-electron chi connectivity index (χ4n) is 3.21. The monoisotopic (exact) mass is 327 g/mol. The highest BCUT2D eigenvalue weighted by Crippen LogP contribution is 2.21. The average molecular weight is 327 g/mol. The summed E-state index contributed by atoms with van der Waals surface area (Å²) in [5.41, 5.74) is 2.33. The van der Waals surface area contributed by atoms with E-state index in [0.29, 0.717) is 32.0 Å². The van der Waals surface area contributed by atoms with Crippen LogP contribution in [0, 0.1) is 11.8 Å². The maximum atomic E-state index is 12.2. The van der Waals surface area contributed by atoms with E-state index in [0.717, 1.165) is 11.9 Å². The van der Waals surface area contributed by atoms with Crippen LogP contribution in [0.5, 0.6) is 0 Å². The second-order valence-electron chi connectivity index (χ2n) is 6.99. The van der Waals surface area contributed by atoms with Gasteiger partial charge in [-0.1, -0.05) is 32.0 Å².